The molecule has 1 spiro atoms. The van der Waals surface area contributed by atoms with Crippen LogP contribution in [0.5, 0.6) is 0 Å². The van der Waals surface area contributed by atoms with Crippen LogP contribution in [0.2, 0.25) is 0 Å². The SMILES string of the molecule is N[C@@H](c1ccc2c(c1)sc1c3cc(cc12)C1(c2ccccc2Nc2ccccc2-3)c2ccccc2-c2ccccc21)C1(c2ccccc2)NC1c1ccccc1. The minimum absolute atomic E-state index is 0.124. The summed E-state index contributed by atoms with van der Waals surface area (Å²) in [5.74, 6) is 0. The predicted molar refractivity (Wildman–Crippen MR) is 233 cm³/mol. The lowest BCUT2D eigenvalue weighted by Crippen LogP contribution is -2.30. The third kappa shape index (κ3) is 4.29. The van der Waals surface area contributed by atoms with Crippen molar-refractivity contribution in [1.29, 1.82) is 0 Å². The molecule has 1 fully saturated rings. The standard InChI is InChI=1S/C52H37N3S/c53-49(52(34-17-5-2-6-18-34)50(55-52)32-15-3-1-4-16-32)33-27-28-39-41-31-35-30-40(48(41)56-47(39)29-33)38-21-9-13-25-45(38)54-46-26-14-12-24-44(46)51(35)42-22-10-7-19-36(42)37-20-8-11-23-43(37)51/h1-31,49-50,54-55H,53H2/t49-,50?,52?/m0/s1. The summed E-state index contributed by atoms with van der Waals surface area (Å²) in [6.45, 7) is 0. The summed E-state index contributed by atoms with van der Waals surface area (Å²) in [6.07, 6.45) is 0. The normalized spacial score (nSPS) is 18.8. The first-order valence-electron chi connectivity index (χ1n) is 19.5. The third-order valence-electron chi connectivity index (χ3n) is 12.8. The molecule has 0 saturated carbocycles. The number of hydrogen-bond acceptors (Lipinski definition) is 4. The van der Waals surface area contributed by atoms with E-state index in [2.05, 4.69) is 199 Å². The molecule has 4 heteroatoms. The summed E-state index contributed by atoms with van der Waals surface area (Å²) in [6, 6.07) is 69.0. The van der Waals surface area contributed by atoms with Gasteiger partial charge in [0.1, 0.15) is 0 Å². The van der Waals surface area contributed by atoms with Gasteiger partial charge in [0.25, 0.3) is 0 Å². The second-order valence-corrected chi connectivity index (χ2v) is 16.6. The number of fused-ring (bicyclic) bond motifs is 16. The van der Waals surface area contributed by atoms with Crippen LogP contribution in [0.4, 0.5) is 11.4 Å². The molecule has 2 aliphatic heterocycles. The Balaban J connectivity index is 1.12. The molecule has 3 aliphatic rings. The highest BCUT2D eigenvalue weighted by Gasteiger charge is 2.59. The minimum atomic E-state index is -0.537. The number of thiophene rings is 1. The fraction of sp³-hybridized carbons (Fsp3) is 0.0769. The lowest BCUT2D eigenvalue weighted by molar-refractivity contribution is 0.512. The van der Waals surface area contributed by atoms with Gasteiger partial charge in [0.2, 0.25) is 0 Å². The van der Waals surface area contributed by atoms with Crippen LogP contribution in [0, 0.1) is 0 Å². The summed E-state index contributed by atoms with van der Waals surface area (Å²) >= 11 is 1.88. The van der Waals surface area contributed by atoms with Crippen molar-refractivity contribution in [3.63, 3.8) is 0 Å². The molecule has 1 saturated heterocycles. The molecule has 2 bridgehead atoms. The van der Waals surface area contributed by atoms with Crippen molar-refractivity contribution >= 4 is 42.9 Å². The van der Waals surface area contributed by atoms with Crippen molar-refractivity contribution in [3.05, 3.63) is 227 Å². The van der Waals surface area contributed by atoms with Gasteiger partial charge in [0.05, 0.1) is 23.0 Å². The Morgan fingerprint density at radius 2 is 1.11 bits per heavy atom. The van der Waals surface area contributed by atoms with Gasteiger partial charge in [0.15, 0.2) is 0 Å². The fourth-order valence-electron chi connectivity index (χ4n) is 10.3. The summed E-state index contributed by atoms with van der Waals surface area (Å²) in [4.78, 5) is 0. The Bertz CT molecular complexity index is 2980. The van der Waals surface area contributed by atoms with Gasteiger partial charge >= 0.3 is 0 Å². The van der Waals surface area contributed by atoms with Crippen LogP contribution in [-0.4, -0.2) is 0 Å². The van der Waals surface area contributed by atoms with E-state index in [4.69, 9.17) is 5.73 Å². The smallest absolute Gasteiger partial charge is 0.0833 e. The van der Waals surface area contributed by atoms with Gasteiger partial charge in [-0.25, -0.2) is 0 Å². The van der Waals surface area contributed by atoms with Crippen LogP contribution in [0.15, 0.2) is 188 Å². The van der Waals surface area contributed by atoms with Gasteiger partial charge < -0.3 is 11.1 Å². The fourth-order valence-corrected chi connectivity index (χ4v) is 11.5. The number of rotatable bonds is 4. The Hall–Kier alpha value is -6.30. The first-order valence-corrected chi connectivity index (χ1v) is 20.3. The molecule has 1 aromatic heterocycles. The van der Waals surface area contributed by atoms with Crippen molar-refractivity contribution in [3.8, 4) is 22.3 Å². The number of anilines is 2. The van der Waals surface area contributed by atoms with Gasteiger partial charge in [-0.05, 0) is 80.4 Å². The van der Waals surface area contributed by atoms with E-state index in [1.54, 1.807) is 0 Å². The molecular formula is C52H37N3S. The van der Waals surface area contributed by atoms with Gasteiger partial charge in [-0.3, -0.25) is 5.32 Å². The molecule has 4 N–H and O–H groups in total. The van der Waals surface area contributed by atoms with Crippen molar-refractivity contribution < 1.29 is 0 Å². The lowest BCUT2D eigenvalue weighted by atomic mass is 9.66. The Morgan fingerprint density at radius 3 is 1.84 bits per heavy atom. The van der Waals surface area contributed by atoms with Crippen molar-refractivity contribution in [2.75, 3.05) is 5.32 Å². The maximum Gasteiger partial charge on any atom is 0.0833 e. The van der Waals surface area contributed by atoms with Crippen LogP contribution in [0.3, 0.4) is 0 Å². The Kier molecular flexibility index (Phi) is 6.77. The lowest BCUT2D eigenvalue weighted by Gasteiger charge is -2.35. The van der Waals surface area contributed by atoms with Gasteiger partial charge in [0, 0.05) is 42.7 Å². The number of hydrogen-bond donors (Lipinski definition) is 3. The number of nitrogens with two attached hydrogens (primary N) is 1. The van der Waals surface area contributed by atoms with Crippen molar-refractivity contribution in [2.45, 2.75) is 23.0 Å². The molecule has 0 radical (unpaired) electrons. The molecule has 2 unspecified atom stereocenters. The second-order valence-electron chi connectivity index (χ2n) is 15.5. The van der Waals surface area contributed by atoms with Crippen molar-refractivity contribution in [2.24, 2.45) is 5.73 Å². The van der Waals surface area contributed by atoms with E-state index >= 15 is 0 Å². The van der Waals surface area contributed by atoms with E-state index in [-0.39, 0.29) is 12.1 Å². The first kappa shape index (κ1) is 32.0. The van der Waals surface area contributed by atoms with E-state index < -0.39 is 11.0 Å². The minimum Gasteiger partial charge on any atom is -0.355 e. The predicted octanol–water partition coefficient (Wildman–Crippen LogP) is 12.4. The molecule has 12 rings (SSSR count). The summed E-state index contributed by atoms with van der Waals surface area (Å²) in [5, 5.41) is 10.4. The summed E-state index contributed by atoms with van der Waals surface area (Å²) in [5.41, 5.74) is 22.5. The van der Waals surface area contributed by atoms with Crippen molar-refractivity contribution in [1.82, 2.24) is 5.32 Å². The third-order valence-corrected chi connectivity index (χ3v) is 14.0. The van der Waals surface area contributed by atoms with E-state index in [1.807, 2.05) is 11.3 Å². The molecule has 9 aromatic rings. The Morgan fingerprint density at radius 1 is 0.500 bits per heavy atom. The average Bonchev–Trinajstić information content (AvgIpc) is 3.81. The monoisotopic (exact) mass is 735 g/mol. The first-order chi connectivity index (χ1) is 27.7. The zero-order chi connectivity index (χ0) is 37.0. The quantitative estimate of drug-likeness (QED) is 0.158. The van der Waals surface area contributed by atoms with Gasteiger partial charge in [-0.15, -0.1) is 11.3 Å². The number of para-hydroxylation sites is 2. The van der Waals surface area contributed by atoms with Crippen LogP contribution >= 0.6 is 11.3 Å². The average molecular weight is 736 g/mol. The van der Waals surface area contributed by atoms with E-state index in [1.165, 1.54) is 75.8 Å². The van der Waals surface area contributed by atoms with Gasteiger partial charge in [-0.2, -0.15) is 0 Å². The van der Waals surface area contributed by atoms with Gasteiger partial charge in [-0.1, -0.05) is 158 Å². The molecule has 3 nitrogen and oxygen atoms in total. The molecule has 3 atom stereocenters. The molecule has 0 amide bonds. The Labute approximate surface area is 330 Å². The van der Waals surface area contributed by atoms with Crippen LogP contribution < -0.4 is 16.4 Å². The summed E-state index contributed by atoms with van der Waals surface area (Å²) < 4.78 is 2.53. The molecule has 3 heterocycles. The number of benzene rings is 8. The van der Waals surface area contributed by atoms with Crippen LogP contribution in [0.25, 0.3) is 42.4 Å². The highest BCUT2D eigenvalue weighted by molar-refractivity contribution is 7.26. The van der Waals surface area contributed by atoms with E-state index in [9.17, 15) is 0 Å². The largest absolute Gasteiger partial charge is 0.355 e. The van der Waals surface area contributed by atoms with E-state index in [0.29, 0.717) is 0 Å². The maximum absolute atomic E-state index is 7.44. The second kappa shape index (κ2) is 11.8. The number of nitrogens with one attached hydrogen (secondary N) is 2. The van der Waals surface area contributed by atoms with E-state index in [0.717, 1.165) is 16.9 Å². The molecule has 56 heavy (non-hydrogen) atoms. The molecule has 8 aromatic carbocycles. The maximum atomic E-state index is 7.44. The highest BCUT2D eigenvalue weighted by atomic mass is 32.1. The zero-order valence-electron chi connectivity index (χ0n) is 30.5. The van der Waals surface area contributed by atoms with Crippen LogP contribution in [0.1, 0.15) is 51.0 Å². The zero-order valence-corrected chi connectivity index (χ0v) is 31.4. The van der Waals surface area contributed by atoms with Crippen LogP contribution in [-0.2, 0) is 11.0 Å². The topological polar surface area (TPSA) is 60.0 Å². The molecule has 266 valence electrons. The summed E-state index contributed by atoms with van der Waals surface area (Å²) in [7, 11) is 0. The molecule has 1 aliphatic carbocycles. The molecular weight excluding hydrogens is 699 g/mol. The highest BCUT2D eigenvalue weighted by Crippen LogP contribution is 2.60.